The first kappa shape index (κ1) is 12.6. The smallest absolute Gasteiger partial charge is 0.359 e. The van der Waals surface area contributed by atoms with Crippen molar-refractivity contribution in [1.29, 1.82) is 0 Å². The Bertz CT molecular complexity index is 548. The number of ether oxygens (including phenoxy) is 1. The fraction of sp³-hybridized carbons (Fsp3) is 0.385. The van der Waals surface area contributed by atoms with Gasteiger partial charge in [-0.1, -0.05) is 18.2 Å². The van der Waals surface area contributed by atoms with E-state index in [0.29, 0.717) is 25.3 Å². The Morgan fingerprint density at radius 1 is 1.44 bits per heavy atom. The number of esters is 1. The summed E-state index contributed by atoms with van der Waals surface area (Å²) in [7, 11) is 0. The van der Waals surface area contributed by atoms with Gasteiger partial charge in [0.2, 0.25) is 0 Å². The molecule has 0 bridgehead atoms. The topological polar surface area (TPSA) is 64.3 Å². The van der Waals surface area contributed by atoms with Crippen molar-refractivity contribution in [2.75, 3.05) is 13.2 Å². The number of aryl methyl sites for hydroxylation is 1. The second-order valence-corrected chi connectivity index (χ2v) is 3.89. The fourth-order valence-corrected chi connectivity index (χ4v) is 1.87. The first-order chi connectivity index (χ1) is 8.77. The van der Waals surface area contributed by atoms with Crippen LogP contribution in [0.4, 0.5) is 0 Å². The number of nitrogens with zero attached hydrogens (tertiary/aromatic N) is 2. The minimum atomic E-state index is -0.406. The maximum absolute atomic E-state index is 11.8. The molecule has 96 valence electrons. The Morgan fingerprint density at radius 3 is 2.94 bits per heavy atom. The van der Waals surface area contributed by atoms with E-state index in [1.165, 1.54) is 0 Å². The maximum Gasteiger partial charge on any atom is 0.359 e. The zero-order valence-corrected chi connectivity index (χ0v) is 10.3. The van der Waals surface area contributed by atoms with Crippen LogP contribution in [0.1, 0.15) is 23.8 Å². The largest absolute Gasteiger partial charge is 0.461 e. The van der Waals surface area contributed by atoms with Crippen LogP contribution in [-0.4, -0.2) is 34.1 Å². The molecule has 5 nitrogen and oxygen atoms in total. The number of carbonyl (C=O) groups excluding carboxylic acids is 1. The van der Waals surface area contributed by atoms with Crippen LogP contribution >= 0.6 is 0 Å². The molecule has 0 amide bonds. The lowest BCUT2D eigenvalue weighted by Crippen LogP contribution is -2.08. The fourth-order valence-electron chi connectivity index (χ4n) is 1.87. The van der Waals surface area contributed by atoms with Crippen molar-refractivity contribution in [1.82, 2.24) is 9.78 Å². The molecule has 0 spiro atoms. The van der Waals surface area contributed by atoms with Crippen LogP contribution in [0, 0.1) is 0 Å². The van der Waals surface area contributed by atoms with E-state index < -0.39 is 5.97 Å². The van der Waals surface area contributed by atoms with Crippen molar-refractivity contribution in [3.63, 3.8) is 0 Å². The van der Waals surface area contributed by atoms with E-state index in [1.807, 2.05) is 24.3 Å². The van der Waals surface area contributed by atoms with Gasteiger partial charge in [-0.3, -0.25) is 4.68 Å². The third kappa shape index (κ3) is 2.36. The van der Waals surface area contributed by atoms with Gasteiger partial charge in [-0.05, 0) is 19.4 Å². The number of aliphatic hydroxyl groups excluding tert-OH is 1. The molecule has 2 rings (SSSR count). The zero-order chi connectivity index (χ0) is 13.0. The highest BCUT2D eigenvalue weighted by atomic mass is 16.5. The third-order valence-electron chi connectivity index (χ3n) is 2.65. The molecule has 0 aliphatic rings. The Balaban J connectivity index is 2.43. The van der Waals surface area contributed by atoms with Gasteiger partial charge < -0.3 is 9.84 Å². The van der Waals surface area contributed by atoms with Gasteiger partial charge in [-0.25, -0.2) is 4.79 Å². The summed E-state index contributed by atoms with van der Waals surface area (Å²) in [6.45, 7) is 2.78. The summed E-state index contributed by atoms with van der Waals surface area (Å²) >= 11 is 0. The summed E-state index contributed by atoms with van der Waals surface area (Å²) in [5.74, 6) is -0.406. The molecule has 0 aliphatic carbocycles. The summed E-state index contributed by atoms with van der Waals surface area (Å²) in [5.41, 5.74) is 1.22. The second kappa shape index (κ2) is 5.64. The molecule has 1 N–H and O–H groups in total. The SMILES string of the molecule is CCOC(=O)c1nn(CCCO)c2ccccc12. The van der Waals surface area contributed by atoms with Crippen LogP contribution in [0.3, 0.4) is 0 Å². The van der Waals surface area contributed by atoms with Crippen LogP contribution in [0.25, 0.3) is 10.9 Å². The molecular formula is C13H16N2O3. The monoisotopic (exact) mass is 248 g/mol. The van der Waals surface area contributed by atoms with Gasteiger partial charge in [0.05, 0.1) is 12.1 Å². The highest BCUT2D eigenvalue weighted by Crippen LogP contribution is 2.19. The van der Waals surface area contributed by atoms with E-state index in [2.05, 4.69) is 5.10 Å². The van der Waals surface area contributed by atoms with Gasteiger partial charge in [0.25, 0.3) is 0 Å². The van der Waals surface area contributed by atoms with E-state index in [1.54, 1.807) is 11.6 Å². The molecule has 1 heterocycles. The molecule has 1 aromatic carbocycles. The van der Waals surface area contributed by atoms with E-state index in [0.717, 1.165) is 10.9 Å². The van der Waals surface area contributed by atoms with Crippen molar-refractivity contribution < 1.29 is 14.6 Å². The Kier molecular flexibility index (Phi) is 3.94. The Morgan fingerprint density at radius 2 is 2.22 bits per heavy atom. The summed E-state index contributed by atoms with van der Waals surface area (Å²) in [5, 5.41) is 13.9. The average molecular weight is 248 g/mol. The molecule has 2 aromatic rings. The number of para-hydroxylation sites is 1. The lowest BCUT2D eigenvalue weighted by atomic mass is 10.2. The highest BCUT2D eigenvalue weighted by Gasteiger charge is 2.17. The molecular weight excluding hydrogens is 232 g/mol. The van der Waals surface area contributed by atoms with Gasteiger partial charge in [0.1, 0.15) is 0 Å². The molecule has 0 saturated carbocycles. The Hall–Kier alpha value is -1.88. The second-order valence-electron chi connectivity index (χ2n) is 3.89. The predicted octanol–water partition coefficient (Wildman–Crippen LogP) is 1.60. The number of carbonyl (C=O) groups is 1. The lowest BCUT2D eigenvalue weighted by molar-refractivity contribution is 0.0520. The first-order valence-electron chi connectivity index (χ1n) is 6.01. The van der Waals surface area contributed by atoms with Gasteiger partial charge in [-0.15, -0.1) is 0 Å². The van der Waals surface area contributed by atoms with Gasteiger partial charge in [0.15, 0.2) is 5.69 Å². The minimum absolute atomic E-state index is 0.100. The molecule has 1 aromatic heterocycles. The van der Waals surface area contributed by atoms with E-state index in [4.69, 9.17) is 9.84 Å². The average Bonchev–Trinajstić information content (AvgIpc) is 2.76. The highest BCUT2D eigenvalue weighted by molar-refractivity contribution is 6.02. The third-order valence-corrected chi connectivity index (χ3v) is 2.65. The Labute approximate surface area is 105 Å². The van der Waals surface area contributed by atoms with Crippen LogP contribution in [0.2, 0.25) is 0 Å². The minimum Gasteiger partial charge on any atom is -0.461 e. The molecule has 0 atom stereocenters. The maximum atomic E-state index is 11.8. The van der Waals surface area contributed by atoms with Crippen molar-refractivity contribution in [2.45, 2.75) is 19.9 Å². The van der Waals surface area contributed by atoms with Crippen molar-refractivity contribution in [2.24, 2.45) is 0 Å². The number of rotatable bonds is 5. The number of aromatic nitrogens is 2. The summed E-state index contributed by atoms with van der Waals surface area (Å²) in [4.78, 5) is 11.8. The standard InChI is InChI=1S/C13H16N2O3/c1-2-18-13(17)12-10-6-3-4-7-11(10)15(14-12)8-5-9-16/h3-4,6-7,16H,2,5,8-9H2,1H3. The van der Waals surface area contributed by atoms with Crippen LogP contribution < -0.4 is 0 Å². The van der Waals surface area contributed by atoms with Crippen molar-refractivity contribution in [3.8, 4) is 0 Å². The lowest BCUT2D eigenvalue weighted by Gasteiger charge is -2.00. The number of hydrogen-bond acceptors (Lipinski definition) is 4. The molecule has 18 heavy (non-hydrogen) atoms. The molecule has 5 heteroatoms. The molecule has 0 aliphatic heterocycles. The molecule has 0 radical (unpaired) electrons. The van der Waals surface area contributed by atoms with Gasteiger partial charge >= 0.3 is 5.97 Å². The van der Waals surface area contributed by atoms with Gasteiger partial charge in [0, 0.05) is 18.5 Å². The summed E-state index contributed by atoms with van der Waals surface area (Å²) < 4.78 is 6.72. The number of fused-ring (bicyclic) bond motifs is 1. The summed E-state index contributed by atoms with van der Waals surface area (Å²) in [6, 6.07) is 7.52. The number of hydrogen-bond donors (Lipinski definition) is 1. The quantitative estimate of drug-likeness (QED) is 0.816. The number of benzene rings is 1. The molecule has 0 unspecified atom stereocenters. The normalized spacial score (nSPS) is 10.8. The van der Waals surface area contributed by atoms with Crippen LogP contribution in [0.5, 0.6) is 0 Å². The molecule has 0 fully saturated rings. The van der Waals surface area contributed by atoms with Gasteiger partial charge in [-0.2, -0.15) is 5.10 Å². The van der Waals surface area contributed by atoms with E-state index >= 15 is 0 Å². The van der Waals surface area contributed by atoms with E-state index in [9.17, 15) is 4.79 Å². The first-order valence-corrected chi connectivity index (χ1v) is 6.01. The van der Waals surface area contributed by atoms with Crippen molar-refractivity contribution in [3.05, 3.63) is 30.0 Å². The summed E-state index contributed by atoms with van der Waals surface area (Å²) in [6.07, 6.45) is 0.605. The van der Waals surface area contributed by atoms with Crippen LogP contribution in [-0.2, 0) is 11.3 Å². The van der Waals surface area contributed by atoms with Crippen LogP contribution in [0.15, 0.2) is 24.3 Å². The zero-order valence-electron chi connectivity index (χ0n) is 10.3. The van der Waals surface area contributed by atoms with E-state index in [-0.39, 0.29) is 6.61 Å². The number of aliphatic hydroxyl groups is 1. The van der Waals surface area contributed by atoms with Crippen molar-refractivity contribution >= 4 is 16.9 Å². The predicted molar refractivity (Wildman–Crippen MR) is 67.4 cm³/mol. The molecule has 0 saturated heterocycles.